The lowest BCUT2D eigenvalue weighted by molar-refractivity contribution is 1.06. The molecule has 1 atom stereocenters. The zero-order valence-electron chi connectivity index (χ0n) is 5.29. The zero-order valence-corrected chi connectivity index (χ0v) is 6.10. The van der Waals surface area contributed by atoms with Gasteiger partial charge in [-0.3, -0.25) is 0 Å². The summed E-state index contributed by atoms with van der Waals surface area (Å²) in [5.74, 6) is 0. The van der Waals surface area contributed by atoms with Crippen LogP contribution in [0.2, 0.25) is 0 Å². The topological polar surface area (TPSA) is 0 Å². The first kappa shape index (κ1) is 6.69. The van der Waals surface area contributed by atoms with Gasteiger partial charge in [0.1, 0.15) is 0 Å². The summed E-state index contributed by atoms with van der Waals surface area (Å²) in [4.78, 5) is 0. The van der Waals surface area contributed by atoms with E-state index in [-0.39, 0.29) is 0 Å². The molecule has 0 saturated heterocycles. The van der Waals surface area contributed by atoms with Gasteiger partial charge in [0.15, 0.2) is 0 Å². The maximum Gasteiger partial charge on any atom is 0.0305 e. The minimum absolute atomic E-state index is 0.632. The van der Waals surface area contributed by atoms with Crippen LogP contribution < -0.4 is 0 Å². The Morgan fingerprint density at radius 3 is 3.00 bits per heavy atom. The summed E-state index contributed by atoms with van der Waals surface area (Å²) in [6, 6.07) is 0. The summed E-state index contributed by atoms with van der Waals surface area (Å²) in [7, 11) is 0. The summed E-state index contributed by atoms with van der Waals surface area (Å²) in [6.07, 6.45) is 9.70. The molecule has 0 amide bonds. The quantitative estimate of drug-likeness (QED) is 0.565. The molecule has 1 heteroatoms. The van der Waals surface area contributed by atoms with Crippen molar-refractivity contribution in [1.29, 1.82) is 0 Å². The van der Waals surface area contributed by atoms with Crippen molar-refractivity contribution in [3.8, 4) is 0 Å². The van der Waals surface area contributed by atoms with Crippen molar-refractivity contribution in [2.45, 2.75) is 11.7 Å². The largest absolute Gasteiger partial charge is 0.127 e. The number of allylic oxidation sites excluding steroid dienone is 3. The van der Waals surface area contributed by atoms with Gasteiger partial charge in [-0.15, -0.1) is 11.8 Å². The third kappa shape index (κ3) is 2.10. The van der Waals surface area contributed by atoms with Crippen LogP contribution in [0.1, 0.15) is 6.42 Å². The van der Waals surface area contributed by atoms with Crippen LogP contribution in [0.3, 0.4) is 0 Å². The van der Waals surface area contributed by atoms with E-state index in [1.807, 2.05) is 5.41 Å². The van der Waals surface area contributed by atoms with Crippen molar-refractivity contribution < 1.29 is 0 Å². The second-order valence-electron chi connectivity index (χ2n) is 1.89. The third-order valence-corrected chi connectivity index (χ3v) is 2.10. The highest BCUT2D eigenvalue weighted by Gasteiger charge is 2.00. The van der Waals surface area contributed by atoms with E-state index >= 15 is 0 Å². The fourth-order valence-corrected chi connectivity index (χ4v) is 1.43. The molecule has 0 nitrogen and oxygen atoms in total. The fourth-order valence-electron chi connectivity index (χ4n) is 0.782. The zero-order chi connectivity index (χ0) is 6.53. The lowest BCUT2D eigenvalue weighted by Gasteiger charge is -2.07. The Labute approximate surface area is 60.3 Å². The molecular weight excluding hydrogens is 128 g/mol. The number of rotatable bonds is 2. The van der Waals surface area contributed by atoms with Crippen LogP contribution in [0.25, 0.3) is 0 Å². The normalized spacial score (nSPS) is 24.2. The average Bonchev–Trinajstić information content (AvgIpc) is 1.91. The smallest absolute Gasteiger partial charge is 0.0305 e. The lowest BCUT2D eigenvalue weighted by atomic mass is 10.2. The molecule has 1 unspecified atom stereocenters. The van der Waals surface area contributed by atoms with E-state index < -0.39 is 0 Å². The number of thioether (sulfide) groups is 1. The first-order valence-corrected chi connectivity index (χ1v) is 3.97. The summed E-state index contributed by atoms with van der Waals surface area (Å²) in [5.41, 5.74) is 0. The van der Waals surface area contributed by atoms with Gasteiger partial charge in [0.2, 0.25) is 0 Å². The van der Waals surface area contributed by atoms with E-state index in [1.165, 1.54) is 0 Å². The first-order valence-electron chi connectivity index (χ1n) is 3.03. The van der Waals surface area contributed by atoms with Gasteiger partial charge < -0.3 is 0 Å². The Morgan fingerprint density at radius 1 is 1.56 bits per heavy atom. The number of hydrogen-bond acceptors (Lipinski definition) is 1. The Bertz CT molecular complexity index is 143. The molecule has 48 valence electrons. The average molecular weight is 138 g/mol. The molecule has 0 aromatic heterocycles. The Hall–Kier alpha value is -0.430. The molecule has 0 radical (unpaired) electrons. The fraction of sp³-hybridized carbons (Fsp3) is 0.250. The van der Waals surface area contributed by atoms with Crippen molar-refractivity contribution in [3.63, 3.8) is 0 Å². The van der Waals surface area contributed by atoms with Crippen LogP contribution in [0, 0.1) is 0 Å². The molecule has 0 N–H and O–H groups in total. The van der Waals surface area contributed by atoms with Gasteiger partial charge in [0, 0.05) is 5.25 Å². The monoisotopic (exact) mass is 138 g/mol. The first-order chi connectivity index (χ1) is 4.43. The maximum atomic E-state index is 3.66. The van der Waals surface area contributed by atoms with Crippen molar-refractivity contribution in [1.82, 2.24) is 0 Å². The van der Waals surface area contributed by atoms with Crippen LogP contribution in [-0.4, -0.2) is 5.25 Å². The molecule has 0 aliphatic heterocycles. The van der Waals surface area contributed by atoms with Gasteiger partial charge in [-0.2, -0.15) is 0 Å². The molecule has 0 aromatic rings. The van der Waals surface area contributed by atoms with Crippen molar-refractivity contribution in [2.24, 2.45) is 0 Å². The van der Waals surface area contributed by atoms with Crippen LogP contribution in [0.5, 0.6) is 0 Å². The van der Waals surface area contributed by atoms with E-state index in [4.69, 9.17) is 0 Å². The van der Waals surface area contributed by atoms with Gasteiger partial charge >= 0.3 is 0 Å². The van der Waals surface area contributed by atoms with Gasteiger partial charge in [-0.1, -0.05) is 30.9 Å². The minimum Gasteiger partial charge on any atom is -0.127 e. The molecule has 0 bridgehead atoms. The summed E-state index contributed by atoms with van der Waals surface area (Å²) < 4.78 is 0. The summed E-state index contributed by atoms with van der Waals surface area (Å²) in [6.45, 7) is 3.66. The summed E-state index contributed by atoms with van der Waals surface area (Å²) in [5, 5.41) is 2.53. The van der Waals surface area contributed by atoms with Crippen molar-refractivity contribution in [2.75, 3.05) is 0 Å². The van der Waals surface area contributed by atoms with Crippen LogP contribution >= 0.6 is 11.8 Å². The Morgan fingerprint density at radius 2 is 2.44 bits per heavy atom. The molecular formula is C8H10S. The maximum absolute atomic E-state index is 3.66. The molecule has 1 rings (SSSR count). The van der Waals surface area contributed by atoms with Gasteiger partial charge in [-0.25, -0.2) is 0 Å². The Balaban J connectivity index is 2.36. The van der Waals surface area contributed by atoms with E-state index in [2.05, 4.69) is 30.9 Å². The molecule has 0 fully saturated rings. The molecule has 1 aliphatic carbocycles. The van der Waals surface area contributed by atoms with Crippen LogP contribution in [0.15, 0.2) is 36.3 Å². The number of hydrogen-bond donors (Lipinski definition) is 0. The minimum atomic E-state index is 0.632. The van der Waals surface area contributed by atoms with Gasteiger partial charge in [0.05, 0.1) is 0 Å². The molecule has 9 heavy (non-hydrogen) atoms. The molecule has 0 aromatic carbocycles. The van der Waals surface area contributed by atoms with Crippen LogP contribution in [0.4, 0.5) is 0 Å². The van der Waals surface area contributed by atoms with Gasteiger partial charge in [-0.05, 0) is 11.8 Å². The van der Waals surface area contributed by atoms with Crippen molar-refractivity contribution >= 4 is 11.8 Å². The Kier molecular flexibility index (Phi) is 2.65. The predicted octanol–water partition coefficient (Wildman–Crippen LogP) is 2.75. The highest BCUT2D eigenvalue weighted by molar-refractivity contribution is 8.02. The third-order valence-electron chi connectivity index (χ3n) is 1.21. The second-order valence-corrected chi connectivity index (χ2v) is 3.10. The standard InChI is InChI=1S/C8H10S/c1-2-9-8-6-4-3-5-7-8/h2-6,8H,1,7H2. The molecule has 0 spiro atoms. The molecule has 1 aliphatic rings. The summed E-state index contributed by atoms with van der Waals surface area (Å²) >= 11 is 1.78. The van der Waals surface area contributed by atoms with E-state index in [9.17, 15) is 0 Å². The van der Waals surface area contributed by atoms with E-state index in [1.54, 1.807) is 11.8 Å². The van der Waals surface area contributed by atoms with E-state index in [0.29, 0.717) is 5.25 Å². The second kappa shape index (κ2) is 3.57. The lowest BCUT2D eigenvalue weighted by Crippen LogP contribution is -1.95. The molecule has 0 saturated carbocycles. The van der Waals surface area contributed by atoms with Gasteiger partial charge in [0.25, 0.3) is 0 Å². The predicted molar refractivity (Wildman–Crippen MR) is 44.5 cm³/mol. The highest BCUT2D eigenvalue weighted by atomic mass is 32.2. The molecule has 0 heterocycles. The highest BCUT2D eigenvalue weighted by Crippen LogP contribution is 2.19. The van der Waals surface area contributed by atoms with Crippen molar-refractivity contribution in [3.05, 3.63) is 36.3 Å². The van der Waals surface area contributed by atoms with Crippen LogP contribution in [-0.2, 0) is 0 Å². The van der Waals surface area contributed by atoms with E-state index in [0.717, 1.165) is 6.42 Å². The SMILES string of the molecule is C=CSC1C=CC=CC1.